The first kappa shape index (κ1) is 18.2. The van der Waals surface area contributed by atoms with Crippen LogP contribution in [0.15, 0.2) is 35.6 Å². The predicted octanol–water partition coefficient (Wildman–Crippen LogP) is 1.91. The molecule has 1 N–H and O–H groups in total. The fourth-order valence-electron chi connectivity index (χ4n) is 2.69. The summed E-state index contributed by atoms with van der Waals surface area (Å²) in [5.74, 6) is -0.258. The number of aromatic nitrogens is 2. The molecule has 0 unspecified atom stereocenters. The van der Waals surface area contributed by atoms with Gasteiger partial charge in [-0.1, -0.05) is 11.6 Å². The minimum absolute atomic E-state index is 0.0667. The van der Waals surface area contributed by atoms with E-state index in [-0.39, 0.29) is 16.7 Å². The van der Waals surface area contributed by atoms with Gasteiger partial charge < -0.3 is 5.32 Å². The Kier molecular flexibility index (Phi) is 5.67. The van der Waals surface area contributed by atoms with Crippen LogP contribution in [-0.4, -0.2) is 41.7 Å². The van der Waals surface area contributed by atoms with Crippen LogP contribution in [0.5, 0.6) is 0 Å². The van der Waals surface area contributed by atoms with Crippen molar-refractivity contribution in [2.45, 2.75) is 24.3 Å². The quantitative estimate of drug-likeness (QED) is 0.827. The van der Waals surface area contributed by atoms with Crippen molar-refractivity contribution in [1.29, 1.82) is 0 Å². The van der Waals surface area contributed by atoms with Crippen LogP contribution in [0.3, 0.4) is 0 Å². The molecule has 1 saturated heterocycles. The molecule has 0 aliphatic carbocycles. The molecule has 2 aromatic heterocycles. The molecule has 0 aromatic carbocycles. The Morgan fingerprint density at radius 3 is 2.72 bits per heavy atom. The van der Waals surface area contributed by atoms with Crippen molar-refractivity contribution in [3.63, 3.8) is 0 Å². The van der Waals surface area contributed by atoms with Crippen molar-refractivity contribution < 1.29 is 13.2 Å². The van der Waals surface area contributed by atoms with Gasteiger partial charge in [-0.05, 0) is 25.0 Å². The van der Waals surface area contributed by atoms with Crippen LogP contribution in [-0.2, 0) is 21.4 Å². The highest BCUT2D eigenvalue weighted by Gasteiger charge is 2.32. The largest absolute Gasteiger partial charge is 0.351 e. The van der Waals surface area contributed by atoms with Crippen molar-refractivity contribution in [1.82, 2.24) is 19.6 Å². The molecular formula is C15H17ClN4O3S2. The van der Waals surface area contributed by atoms with Crippen LogP contribution >= 0.6 is 22.9 Å². The van der Waals surface area contributed by atoms with E-state index in [1.165, 1.54) is 34.1 Å². The van der Waals surface area contributed by atoms with E-state index in [9.17, 15) is 13.2 Å². The number of nitrogens with one attached hydrogen (secondary N) is 1. The Morgan fingerprint density at radius 1 is 1.36 bits per heavy atom. The van der Waals surface area contributed by atoms with Crippen molar-refractivity contribution >= 4 is 38.9 Å². The van der Waals surface area contributed by atoms with E-state index in [4.69, 9.17) is 11.6 Å². The first-order chi connectivity index (χ1) is 12.0. The number of piperidine rings is 1. The number of hydrogen-bond acceptors (Lipinski definition) is 6. The third kappa shape index (κ3) is 4.35. The van der Waals surface area contributed by atoms with E-state index >= 15 is 0 Å². The maximum atomic E-state index is 12.5. The lowest BCUT2D eigenvalue weighted by atomic mass is 9.97. The van der Waals surface area contributed by atoms with Gasteiger partial charge in [0.1, 0.15) is 4.90 Å². The zero-order chi connectivity index (χ0) is 17.9. The third-order valence-corrected chi connectivity index (χ3v) is 7.06. The second-order valence-corrected chi connectivity index (χ2v) is 9.30. The summed E-state index contributed by atoms with van der Waals surface area (Å²) in [5.41, 5.74) is 0. The van der Waals surface area contributed by atoms with E-state index in [2.05, 4.69) is 15.3 Å². The van der Waals surface area contributed by atoms with Crippen LogP contribution in [0.1, 0.15) is 17.7 Å². The molecule has 134 valence electrons. The zero-order valence-electron chi connectivity index (χ0n) is 13.3. The summed E-state index contributed by atoms with van der Waals surface area (Å²) < 4.78 is 26.9. The Balaban J connectivity index is 1.54. The van der Waals surface area contributed by atoms with Gasteiger partial charge in [-0.2, -0.15) is 4.31 Å². The molecule has 1 aliphatic rings. The second kappa shape index (κ2) is 7.77. The Morgan fingerprint density at radius 2 is 2.12 bits per heavy atom. The third-order valence-electron chi connectivity index (χ3n) is 4.06. The lowest BCUT2D eigenvalue weighted by Crippen LogP contribution is -2.42. The number of hydrogen-bond donors (Lipinski definition) is 1. The van der Waals surface area contributed by atoms with Crippen LogP contribution in [0.25, 0.3) is 0 Å². The number of carbonyl (C=O) groups is 1. The number of carbonyl (C=O) groups excluding carboxylic acids is 1. The molecule has 1 aliphatic heterocycles. The molecule has 1 amide bonds. The van der Waals surface area contributed by atoms with Crippen LogP contribution in [0, 0.1) is 5.92 Å². The predicted molar refractivity (Wildman–Crippen MR) is 94.7 cm³/mol. The highest BCUT2D eigenvalue weighted by molar-refractivity contribution is 7.89. The van der Waals surface area contributed by atoms with Crippen molar-refractivity contribution in [3.05, 3.63) is 40.1 Å². The van der Waals surface area contributed by atoms with Gasteiger partial charge in [-0.15, -0.1) is 11.3 Å². The molecule has 0 spiro atoms. The highest BCUT2D eigenvalue weighted by atomic mass is 35.5. The average molecular weight is 401 g/mol. The van der Waals surface area contributed by atoms with Gasteiger partial charge in [0, 0.05) is 42.5 Å². The second-order valence-electron chi connectivity index (χ2n) is 5.66. The first-order valence-electron chi connectivity index (χ1n) is 7.75. The Bertz CT molecular complexity index is 833. The summed E-state index contributed by atoms with van der Waals surface area (Å²) in [6.07, 6.45) is 5.50. The molecule has 0 atom stereocenters. The van der Waals surface area contributed by atoms with Crippen molar-refractivity contribution in [2.24, 2.45) is 5.92 Å². The molecular weight excluding hydrogens is 384 g/mol. The highest BCUT2D eigenvalue weighted by Crippen LogP contribution is 2.24. The summed E-state index contributed by atoms with van der Waals surface area (Å²) in [5, 5.41) is 2.86. The maximum absolute atomic E-state index is 12.5. The molecule has 7 nitrogen and oxygen atoms in total. The molecule has 1 fully saturated rings. The number of pyridine rings is 1. The number of thiazole rings is 1. The number of halogens is 1. The molecule has 3 rings (SSSR count). The van der Waals surface area contributed by atoms with E-state index < -0.39 is 10.0 Å². The van der Waals surface area contributed by atoms with Gasteiger partial charge in [0.25, 0.3) is 0 Å². The molecule has 0 radical (unpaired) electrons. The van der Waals surface area contributed by atoms with Gasteiger partial charge in [0.05, 0.1) is 6.54 Å². The van der Waals surface area contributed by atoms with Gasteiger partial charge >= 0.3 is 0 Å². The summed E-state index contributed by atoms with van der Waals surface area (Å²) in [4.78, 5) is 21.1. The van der Waals surface area contributed by atoms with E-state index in [1.807, 2.05) is 0 Å². The zero-order valence-corrected chi connectivity index (χ0v) is 15.6. The molecule has 3 heterocycles. The van der Waals surface area contributed by atoms with Gasteiger partial charge in [-0.25, -0.2) is 13.4 Å². The van der Waals surface area contributed by atoms with Gasteiger partial charge in [-0.3, -0.25) is 9.78 Å². The normalized spacial score (nSPS) is 16.7. The smallest absolute Gasteiger partial charge is 0.244 e. The molecule has 2 aromatic rings. The Labute approximate surface area is 155 Å². The number of nitrogens with zero attached hydrogens (tertiary/aromatic N) is 3. The summed E-state index contributed by atoms with van der Waals surface area (Å²) >= 11 is 7.09. The topological polar surface area (TPSA) is 92.3 Å². The summed E-state index contributed by atoms with van der Waals surface area (Å²) in [7, 11) is -3.55. The van der Waals surface area contributed by atoms with Crippen LogP contribution in [0.2, 0.25) is 4.47 Å². The fraction of sp³-hybridized carbons (Fsp3) is 0.400. The Hall–Kier alpha value is -1.55. The first-order valence-corrected chi connectivity index (χ1v) is 10.4. The van der Waals surface area contributed by atoms with E-state index in [1.54, 1.807) is 12.3 Å². The van der Waals surface area contributed by atoms with Crippen molar-refractivity contribution in [2.75, 3.05) is 13.1 Å². The monoisotopic (exact) mass is 400 g/mol. The standard InChI is InChI=1S/C15H17ClN4O3S2/c16-15-19-9-12(24-15)8-18-14(21)11-3-6-20(7-4-11)25(22,23)13-2-1-5-17-10-13/h1-2,5,9-11H,3-4,6-8H2,(H,18,21). The maximum Gasteiger partial charge on any atom is 0.244 e. The summed E-state index contributed by atoms with van der Waals surface area (Å²) in [6.45, 7) is 1.03. The van der Waals surface area contributed by atoms with Gasteiger partial charge in [0.2, 0.25) is 15.9 Å². The van der Waals surface area contributed by atoms with Crippen LogP contribution < -0.4 is 5.32 Å². The van der Waals surface area contributed by atoms with Gasteiger partial charge in [0.15, 0.2) is 4.47 Å². The number of amides is 1. The minimum atomic E-state index is -3.55. The molecule has 10 heteroatoms. The average Bonchev–Trinajstić information content (AvgIpc) is 3.06. The van der Waals surface area contributed by atoms with Crippen LogP contribution in [0.4, 0.5) is 0 Å². The lowest BCUT2D eigenvalue weighted by Gasteiger charge is -2.30. The van der Waals surface area contributed by atoms with E-state index in [0.717, 1.165) is 4.88 Å². The fourth-order valence-corrected chi connectivity index (χ4v) is 5.04. The summed E-state index contributed by atoms with van der Waals surface area (Å²) in [6, 6.07) is 3.13. The van der Waals surface area contributed by atoms with Crippen molar-refractivity contribution in [3.8, 4) is 0 Å². The minimum Gasteiger partial charge on any atom is -0.351 e. The van der Waals surface area contributed by atoms with E-state index in [0.29, 0.717) is 36.9 Å². The lowest BCUT2D eigenvalue weighted by molar-refractivity contribution is -0.126. The number of sulfonamides is 1. The molecule has 25 heavy (non-hydrogen) atoms. The molecule has 0 saturated carbocycles. The SMILES string of the molecule is O=C(NCc1cnc(Cl)s1)C1CCN(S(=O)(=O)c2cccnc2)CC1. The molecule has 0 bridgehead atoms. The number of rotatable bonds is 5.